The summed E-state index contributed by atoms with van der Waals surface area (Å²) in [4.78, 5) is 12.2. The van der Waals surface area contributed by atoms with Crippen LogP contribution in [0, 0.1) is 0 Å². The third kappa shape index (κ3) is 1.23. The lowest BCUT2D eigenvalue weighted by molar-refractivity contribution is 0.0232. The molecule has 3 aliphatic rings. The van der Waals surface area contributed by atoms with E-state index in [0.29, 0.717) is 18.5 Å². The van der Waals surface area contributed by atoms with Gasteiger partial charge in [0.2, 0.25) is 0 Å². The van der Waals surface area contributed by atoms with Crippen LogP contribution in [0.1, 0.15) is 36.0 Å². The van der Waals surface area contributed by atoms with E-state index in [0.717, 1.165) is 24.2 Å². The van der Waals surface area contributed by atoms with Gasteiger partial charge in [-0.3, -0.25) is 4.79 Å². The van der Waals surface area contributed by atoms with Crippen molar-refractivity contribution in [3.8, 4) is 5.75 Å². The van der Waals surface area contributed by atoms with Crippen LogP contribution in [0.25, 0.3) is 0 Å². The molecule has 2 fully saturated rings. The number of fused-ring (bicyclic) bond motifs is 4. The molecule has 3 aliphatic heterocycles. The van der Waals surface area contributed by atoms with Gasteiger partial charge < -0.3 is 10.1 Å². The molecular formula is C14H15NO2. The van der Waals surface area contributed by atoms with Crippen LogP contribution in [0.15, 0.2) is 24.3 Å². The molecule has 2 saturated heterocycles. The number of Topliss-reactive ketones (excluding diaryl/α,β-unsaturated/α-hetero) is 1. The van der Waals surface area contributed by atoms with E-state index in [2.05, 4.69) is 5.32 Å². The van der Waals surface area contributed by atoms with Crippen LogP contribution in [0.3, 0.4) is 0 Å². The van der Waals surface area contributed by atoms with Crippen molar-refractivity contribution < 1.29 is 9.53 Å². The molecule has 4 rings (SSSR count). The molecule has 0 saturated carbocycles. The zero-order chi connectivity index (χ0) is 11.5. The van der Waals surface area contributed by atoms with Crippen LogP contribution < -0.4 is 10.1 Å². The summed E-state index contributed by atoms with van der Waals surface area (Å²) < 4.78 is 6.20. The normalized spacial score (nSPS) is 38.2. The molecule has 1 aromatic carbocycles. The van der Waals surface area contributed by atoms with Crippen molar-refractivity contribution in [3.63, 3.8) is 0 Å². The van der Waals surface area contributed by atoms with E-state index >= 15 is 0 Å². The van der Waals surface area contributed by atoms with Crippen LogP contribution in [0.4, 0.5) is 0 Å². The first kappa shape index (κ1) is 9.66. The minimum absolute atomic E-state index is 0.237. The molecule has 2 bridgehead atoms. The van der Waals surface area contributed by atoms with Crippen molar-refractivity contribution in [2.45, 2.75) is 43.4 Å². The average molecular weight is 229 g/mol. The first-order valence-corrected chi connectivity index (χ1v) is 6.34. The maximum absolute atomic E-state index is 12.2. The first-order valence-electron chi connectivity index (χ1n) is 6.34. The number of carbonyl (C=O) groups excluding carboxylic acids is 1. The molecular weight excluding hydrogens is 214 g/mol. The highest BCUT2D eigenvalue weighted by molar-refractivity contribution is 6.00. The third-order valence-corrected chi connectivity index (χ3v) is 4.43. The van der Waals surface area contributed by atoms with Gasteiger partial charge in [0.25, 0.3) is 0 Å². The van der Waals surface area contributed by atoms with Gasteiger partial charge in [0, 0.05) is 18.5 Å². The monoisotopic (exact) mass is 229 g/mol. The molecule has 88 valence electrons. The maximum Gasteiger partial charge on any atom is 0.170 e. The molecule has 0 unspecified atom stereocenters. The Hall–Kier alpha value is -1.35. The summed E-state index contributed by atoms with van der Waals surface area (Å²) in [5, 5.41) is 3.56. The van der Waals surface area contributed by atoms with Gasteiger partial charge in [0.05, 0.1) is 12.0 Å². The predicted molar refractivity (Wildman–Crippen MR) is 63.3 cm³/mol. The Kier molecular flexibility index (Phi) is 1.76. The lowest BCUT2D eigenvalue weighted by Crippen LogP contribution is -2.51. The Morgan fingerprint density at radius 1 is 1.29 bits per heavy atom. The second kappa shape index (κ2) is 3.10. The van der Waals surface area contributed by atoms with Crippen LogP contribution in [0.2, 0.25) is 0 Å². The number of nitrogens with one attached hydrogen (secondary N) is 1. The Bertz CT molecular complexity index is 499. The van der Waals surface area contributed by atoms with E-state index in [1.807, 2.05) is 24.3 Å². The molecule has 1 spiro atoms. The minimum Gasteiger partial charge on any atom is -0.484 e. The van der Waals surface area contributed by atoms with Gasteiger partial charge >= 0.3 is 0 Å². The molecule has 3 atom stereocenters. The van der Waals surface area contributed by atoms with Gasteiger partial charge in [-0.25, -0.2) is 0 Å². The molecule has 0 aromatic heterocycles. The van der Waals surface area contributed by atoms with Gasteiger partial charge in [-0.1, -0.05) is 12.1 Å². The molecule has 0 radical (unpaired) electrons. The highest BCUT2D eigenvalue weighted by Gasteiger charge is 2.55. The van der Waals surface area contributed by atoms with Crippen molar-refractivity contribution in [3.05, 3.63) is 29.8 Å². The zero-order valence-corrected chi connectivity index (χ0v) is 9.61. The van der Waals surface area contributed by atoms with Crippen LogP contribution >= 0.6 is 0 Å². The van der Waals surface area contributed by atoms with E-state index in [1.54, 1.807) is 0 Å². The standard InChI is InChI=1S/C14H15NO2/c16-11-8-14(7-9-5-6-13(14)15-9)17-12-4-2-1-3-10(11)12/h1-4,9,13,15H,5-8H2/t9-,13+,14+/m1/s1. The Morgan fingerprint density at radius 2 is 2.18 bits per heavy atom. The summed E-state index contributed by atoms with van der Waals surface area (Å²) in [6, 6.07) is 8.54. The lowest BCUT2D eigenvalue weighted by atomic mass is 9.78. The fourth-order valence-corrected chi connectivity index (χ4v) is 3.67. The summed E-state index contributed by atoms with van der Waals surface area (Å²) in [5.74, 6) is 1.01. The second-order valence-corrected chi connectivity index (χ2v) is 5.46. The highest BCUT2D eigenvalue weighted by Crippen LogP contribution is 2.46. The van der Waals surface area contributed by atoms with E-state index in [9.17, 15) is 4.79 Å². The van der Waals surface area contributed by atoms with Crippen molar-refractivity contribution >= 4 is 5.78 Å². The van der Waals surface area contributed by atoms with E-state index in [-0.39, 0.29) is 11.4 Å². The number of rotatable bonds is 0. The maximum atomic E-state index is 12.2. The molecule has 0 aliphatic carbocycles. The quantitative estimate of drug-likeness (QED) is 0.738. The molecule has 3 heteroatoms. The van der Waals surface area contributed by atoms with E-state index in [4.69, 9.17) is 4.74 Å². The number of benzene rings is 1. The van der Waals surface area contributed by atoms with E-state index < -0.39 is 0 Å². The minimum atomic E-state index is -0.256. The Labute approximate surface area is 100 Å². The van der Waals surface area contributed by atoms with Gasteiger partial charge in [-0.05, 0) is 25.0 Å². The first-order chi connectivity index (χ1) is 8.27. The topological polar surface area (TPSA) is 38.3 Å². The molecule has 1 N–H and O–H groups in total. The highest BCUT2D eigenvalue weighted by atomic mass is 16.5. The predicted octanol–water partition coefficient (Wildman–Crippen LogP) is 1.91. The average Bonchev–Trinajstić information content (AvgIpc) is 2.89. The van der Waals surface area contributed by atoms with Crippen molar-refractivity contribution in [2.75, 3.05) is 0 Å². The number of hydrogen-bond acceptors (Lipinski definition) is 3. The van der Waals surface area contributed by atoms with Crippen molar-refractivity contribution in [1.29, 1.82) is 0 Å². The summed E-state index contributed by atoms with van der Waals surface area (Å²) in [6.07, 6.45) is 3.89. The van der Waals surface area contributed by atoms with Crippen LogP contribution in [-0.2, 0) is 0 Å². The van der Waals surface area contributed by atoms with Crippen molar-refractivity contribution in [1.82, 2.24) is 5.32 Å². The summed E-state index contributed by atoms with van der Waals surface area (Å²) >= 11 is 0. The fraction of sp³-hybridized carbons (Fsp3) is 0.500. The molecule has 3 nitrogen and oxygen atoms in total. The molecule has 3 heterocycles. The van der Waals surface area contributed by atoms with Gasteiger partial charge in [0.1, 0.15) is 11.4 Å². The van der Waals surface area contributed by atoms with Gasteiger partial charge in [-0.2, -0.15) is 0 Å². The number of carbonyl (C=O) groups is 1. The van der Waals surface area contributed by atoms with Gasteiger partial charge in [0.15, 0.2) is 5.78 Å². The molecule has 1 aromatic rings. The summed E-state index contributed by atoms with van der Waals surface area (Å²) in [5.41, 5.74) is 0.495. The summed E-state index contributed by atoms with van der Waals surface area (Å²) in [6.45, 7) is 0. The number of ketones is 1. The molecule has 17 heavy (non-hydrogen) atoms. The SMILES string of the molecule is O=C1C[C@]2(C[C@H]3CC[C@@H]2N3)Oc2ccccc21. The summed E-state index contributed by atoms with van der Waals surface area (Å²) in [7, 11) is 0. The fourth-order valence-electron chi connectivity index (χ4n) is 3.67. The van der Waals surface area contributed by atoms with Crippen LogP contribution in [0.5, 0.6) is 5.75 Å². The van der Waals surface area contributed by atoms with E-state index in [1.165, 1.54) is 6.42 Å². The zero-order valence-electron chi connectivity index (χ0n) is 9.61. The lowest BCUT2D eigenvalue weighted by Gasteiger charge is -2.40. The molecule has 0 amide bonds. The number of ether oxygens (including phenoxy) is 1. The number of para-hydroxylation sites is 1. The number of hydrogen-bond donors (Lipinski definition) is 1. The van der Waals surface area contributed by atoms with Gasteiger partial charge in [-0.15, -0.1) is 0 Å². The largest absolute Gasteiger partial charge is 0.484 e. The Morgan fingerprint density at radius 3 is 2.94 bits per heavy atom. The smallest absolute Gasteiger partial charge is 0.170 e. The second-order valence-electron chi connectivity index (χ2n) is 5.46. The third-order valence-electron chi connectivity index (χ3n) is 4.43. The Balaban J connectivity index is 1.77. The van der Waals surface area contributed by atoms with Crippen LogP contribution in [-0.4, -0.2) is 23.5 Å². The van der Waals surface area contributed by atoms with Crippen molar-refractivity contribution in [2.24, 2.45) is 0 Å².